The van der Waals surface area contributed by atoms with Crippen LogP contribution >= 0.6 is 11.3 Å². The first-order chi connectivity index (χ1) is 15.7. The van der Waals surface area contributed by atoms with Gasteiger partial charge in [0.2, 0.25) is 5.91 Å². The Morgan fingerprint density at radius 1 is 1.12 bits per heavy atom. The molecule has 0 bridgehead atoms. The van der Waals surface area contributed by atoms with E-state index in [0.717, 1.165) is 62.2 Å². The van der Waals surface area contributed by atoms with Crippen molar-refractivity contribution >= 4 is 23.2 Å². The molecule has 2 heterocycles. The van der Waals surface area contributed by atoms with Crippen molar-refractivity contribution in [3.63, 3.8) is 0 Å². The smallest absolute Gasteiger partial charge is 0.254 e. The average Bonchev–Trinajstić information content (AvgIpc) is 3.53. The van der Waals surface area contributed by atoms with Crippen LogP contribution in [0.4, 0.5) is 0 Å². The standard InChI is InChI=1S/C26H35N3O2S/c1-3-28(4-2)17-10-16-27-25(30)23-20-13-7-8-14-21(20)26(31)29(19-11-5-6-12-19)24(23)22-15-9-18-32-22/h7-9,13-15,18-19,23-24H,3-6,10-12,16-17H2,1-2H3,(H,27,30)/t23-,24-/m0/s1. The van der Waals surface area contributed by atoms with Crippen molar-refractivity contribution in [1.82, 2.24) is 15.1 Å². The van der Waals surface area contributed by atoms with Crippen LogP contribution in [0.3, 0.4) is 0 Å². The Kier molecular flexibility index (Phi) is 7.63. The third-order valence-electron chi connectivity index (χ3n) is 7.06. The minimum absolute atomic E-state index is 0.0332. The lowest BCUT2D eigenvalue weighted by atomic mass is 9.80. The minimum atomic E-state index is -0.378. The SMILES string of the molecule is CCN(CC)CCCNC(=O)[C@H]1c2ccccc2C(=O)N(C2CCCC2)[C@H]1c1cccs1. The van der Waals surface area contributed by atoms with Gasteiger partial charge in [-0.2, -0.15) is 0 Å². The summed E-state index contributed by atoms with van der Waals surface area (Å²) in [4.78, 5) is 32.9. The van der Waals surface area contributed by atoms with Crippen LogP contribution in [0.2, 0.25) is 0 Å². The molecule has 2 aromatic rings. The summed E-state index contributed by atoms with van der Waals surface area (Å²) in [5.41, 5.74) is 1.56. The summed E-state index contributed by atoms with van der Waals surface area (Å²) in [7, 11) is 0. The van der Waals surface area contributed by atoms with E-state index in [1.807, 2.05) is 35.7 Å². The third kappa shape index (κ3) is 4.62. The lowest BCUT2D eigenvalue weighted by molar-refractivity contribution is -0.124. The molecule has 5 nitrogen and oxygen atoms in total. The van der Waals surface area contributed by atoms with E-state index >= 15 is 0 Å². The Bertz CT molecular complexity index is 904. The zero-order valence-corrected chi connectivity index (χ0v) is 20.1. The monoisotopic (exact) mass is 453 g/mol. The van der Waals surface area contributed by atoms with Crippen molar-refractivity contribution in [2.45, 2.75) is 64.0 Å². The van der Waals surface area contributed by atoms with Gasteiger partial charge in [-0.3, -0.25) is 9.59 Å². The normalized spacial score (nSPS) is 21.2. The van der Waals surface area contributed by atoms with Crippen LogP contribution in [-0.4, -0.2) is 53.8 Å². The van der Waals surface area contributed by atoms with Gasteiger partial charge in [-0.25, -0.2) is 0 Å². The second-order valence-electron chi connectivity index (χ2n) is 8.85. The molecule has 0 spiro atoms. The zero-order chi connectivity index (χ0) is 22.5. The minimum Gasteiger partial charge on any atom is -0.355 e. The largest absolute Gasteiger partial charge is 0.355 e. The van der Waals surface area contributed by atoms with E-state index in [9.17, 15) is 9.59 Å². The number of rotatable bonds is 9. The topological polar surface area (TPSA) is 52.7 Å². The molecule has 172 valence electrons. The van der Waals surface area contributed by atoms with Crippen LogP contribution in [0.5, 0.6) is 0 Å². The van der Waals surface area contributed by atoms with Crippen molar-refractivity contribution in [3.8, 4) is 0 Å². The van der Waals surface area contributed by atoms with Crippen molar-refractivity contribution in [3.05, 3.63) is 57.8 Å². The van der Waals surface area contributed by atoms with E-state index < -0.39 is 0 Å². The summed E-state index contributed by atoms with van der Waals surface area (Å²) in [5, 5.41) is 5.26. The van der Waals surface area contributed by atoms with Crippen molar-refractivity contribution < 1.29 is 9.59 Å². The molecular weight excluding hydrogens is 418 g/mol. The first kappa shape index (κ1) is 23.0. The van der Waals surface area contributed by atoms with Gasteiger partial charge in [-0.05, 0) is 62.0 Å². The van der Waals surface area contributed by atoms with E-state index in [1.54, 1.807) is 11.3 Å². The van der Waals surface area contributed by atoms with E-state index in [0.29, 0.717) is 12.1 Å². The molecule has 1 fully saturated rings. The lowest BCUT2D eigenvalue weighted by Gasteiger charge is -2.44. The first-order valence-corrected chi connectivity index (χ1v) is 13.0. The van der Waals surface area contributed by atoms with E-state index in [2.05, 4.69) is 35.0 Å². The molecule has 4 rings (SSSR count). The van der Waals surface area contributed by atoms with Gasteiger partial charge in [-0.1, -0.05) is 51.0 Å². The van der Waals surface area contributed by atoms with Gasteiger partial charge in [0.15, 0.2) is 0 Å². The maximum absolute atomic E-state index is 13.7. The lowest BCUT2D eigenvalue weighted by Crippen LogP contribution is -2.50. The van der Waals surface area contributed by atoms with Crippen molar-refractivity contribution in [2.75, 3.05) is 26.2 Å². The van der Waals surface area contributed by atoms with Crippen LogP contribution < -0.4 is 5.32 Å². The van der Waals surface area contributed by atoms with Crippen LogP contribution in [0, 0.1) is 0 Å². The number of nitrogens with one attached hydrogen (secondary N) is 1. The van der Waals surface area contributed by atoms with Gasteiger partial charge >= 0.3 is 0 Å². The molecule has 1 aromatic carbocycles. The number of carbonyl (C=O) groups is 2. The molecule has 1 aliphatic carbocycles. The second-order valence-corrected chi connectivity index (χ2v) is 9.83. The summed E-state index contributed by atoms with van der Waals surface area (Å²) in [5.74, 6) is -0.265. The van der Waals surface area contributed by atoms with Crippen molar-refractivity contribution in [2.24, 2.45) is 0 Å². The number of carbonyl (C=O) groups excluding carboxylic acids is 2. The van der Waals surface area contributed by atoms with Gasteiger partial charge in [0, 0.05) is 23.0 Å². The molecule has 1 aromatic heterocycles. The molecule has 2 atom stereocenters. The number of hydrogen-bond donors (Lipinski definition) is 1. The predicted molar refractivity (Wildman–Crippen MR) is 130 cm³/mol. The van der Waals surface area contributed by atoms with Gasteiger partial charge in [0.1, 0.15) is 0 Å². The van der Waals surface area contributed by atoms with Gasteiger partial charge in [-0.15, -0.1) is 11.3 Å². The van der Waals surface area contributed by atoms with Crippen LogP contribution in [0.25, 0.3) is 0 Å². The van der Waals surface area contributed by atoms with E-state index in [-0.39, 0.29) is 29.8 Å². The Morgan fingerprint density at radius 3 is 2.56 bits per heavy atom. The molecule has 1 N–H and O–H groups in total. The van der Waals surface area contributed by atoms with Gasteiger partial charge in [0.25, 0.3) is 5.91 Å². The molecule has 0 saturated heterocycles. The number of fused-ring (bicyclic) bond motifs is 1. The maximum Gasteiger partial charge on any atom is 0.254 e. The maximum atomic E-state index is 13.7. The Morgan fingerprint density at radius 2 is 1.88 bits per heavy atom. The number of benzene rings is 1. The van der Waals surface area contributed by atoms with Crippen LogP contribution in [0.15, 0.2) is 41.8 Å². The Balaban J connectivity index is 1.63. The van der Waals surface area contributed by atoms with Crippen LogP contribution in [0.1, 0.15) is 78.7 Å². The fraction of sp³-hybridized carbons (Fsp3) is 0.538. The highest BCUT2D eigenvalue weighted by Crippen LogP contribution is 2.47. The zero-order valence-electron chi connectivity index (χ0n) is 19.3. The highest BCUT2D eigenvalue weighted by molar-refractivity contribution is 7.10. The molecule has 32 heavy (non-hydrogen) atoms. The van der Waals surface area contributed by atoms with Crippen LogP contribution in [-0.2, 0) is 4.79 Å². The van der Waals surface area contributed by atoms with Gasteiger partial charge in [0.05, 0.1) is 12.0 Å². The molecule has 6 heteroatoms. The molecule has 0 radical (unpaired) electrons. The fourth-order valence-electron chi connectivity index (χ4n) is 5.34. The fourth-order valence-corrected chi connectivity index (χ4v) is 6.20. The number of nitrogens with zero attached hydrogens (tertiary/aromatic N) is 2. The molecule has 1 saturated carbocycles. The second kappa shape index (κ2) is 10.6. The molecule has 2 aliphatic rings. The highest BCUT2D eigenvalue weighted by atomic mass is 32.1. The van der Waals surface area contributed by atoms with Gasteiger partial charge < -0.3 is 15.1 Å². The summed E-state index contributed by atoms with van der Waals surface area (Å²) in [6.07, 6.45) is 5.27. The Hall–Kier alpha value is -2.18. The molecule has 2 amide bonds. The quantitative estimate of drug-likeness (QED) is 0.554. The summed E-state index contributed by atoms with van der Waals surface area (Å²) in [6, 6.07) is 11.8. The third-order valence-corrected chi connectivity index (χ3v) is 8.00. The highest BCUT2D eigenvalue weighted by Gasteiger charge is 2.47. The molecule has 0 unspecified atom stereocenters. The Labute approximate surface area is 195 Å². The predicted octanol–water partition coefficient (Wildman–Crippen LogP) is 4.82. The first-order valence-electron chi connectivity index (χ1n) is 12.1. The summed E-state index contributed by atoms with van der Waals surface area (Å²) >= 11 is 1.65. The van der Waals surface area contributed by atoms with E-state index in [1.165, 1.54) is 0 Å². The molecule has 1 aliphatic heterocycles. The summed E-state index contributed by atoms with van der Waals surface area (Å²) < 4.78 is 0. The molecular formula is C26H35N3O2S. The number of amides is 2. The number of thiophene rings is 1. The summed E-state index contributed by atoms with van der Waals surface area (Å²) in [6.45, 7) is 8.03. The van der Waals surface area contributed by atoms with Crippen molar-refractivity contribution in [1.29, 1.82) is 0 Å². The number of hydrogen-bond acceptors (Lipinski definition) is 4. The van der Waals surface area contributed by atoms with E-state index in [4.69, 9.17) is 0 Å². The average molecular weight is 454 g/mol.